The number of ketones is 1. The summed E-state index contributed by atoms with van der Waals surface area (Å²) < 4.78 is 16.0. The van der Waals surface area contributed by atoms with E-state index in [2.05, 4.69) is 5.32 Å². The Labute approximate surface area is 156 Å². The van der Waals surface area contributed by atoms with Gasteiger partial charge in [-0.15, -0.1) is 0 Å². The Hall–Kier alpha value is -2.73. The first kappa shape index (κ1) is 18.1. The van der Waals surface area contributed by atoms with Gasteiger partial charge in [0.25, 0.3) is 5.91 Å². The van der Waals surface area contributed by atoms with Gasteiger partial charge in [0, 0.05) is 23.6 Å². The molecule has 0 fully saturated rings. The summed E-state index contributed by atoms with van der Waals surface area (Å²) in [6, 6.07) is 8.43. The maximum absolute atomic E-state index is 12.3. The molecule has 0 unspecified atom stereocenters. The lowest BCUT2D eigenvalue weighted by molar-refractivity contribution is -0.118. The second kappa shape index (κ2) is 7.66. The maximum Gasteiger partial charge on any atom is 0.262 e. The first-order chi connectivity index (χ1) is 12.5. The van der Waals surface area contributed by atoms with Crippen LogP contribution >= 0.6 is 11.6 Å². The molecule has 1 aliphatic carbocycles. The summed E-state index contributed by atoms with van der Waals surface area (Å²) in [6.45, 7) is -0.197. The highest BCUT2D eigenvalue weighted by molar-refractivity contribution is 6.32. The van der Waals surface area contributed by atoms with E-state index in [1.165, 1.54) is 14.2 Å². The molecule has 3 rings (SSSR count). The Morgan fingerprint density at radius 1 is 1.12 bits per heavy atom. The van der Waals surface area contributed by atoms with Gasteiger partial charge in [-0.1, -0.05) is 23.7 Å². The zero-order chi connectivity index (χ0) is 18.7. The van der Waals surface area contributed by atoms with Crippen molar-refractivity contribution in [2.45, 2.75) is 12.8 Å². The predicted molar refractivity (Wildman–Crippen MR) is 97.8 cm³/mol. The SMILES string of the molecule is COc1cc(OC)c(NC(=O)COc2cccc3c2CCC3=O)cc1Cl. The minimum Gasteiger partial charge on any atom is -0.495 e. The molecule has 0 heterocycles. The quantitative estimate of drug-likeness (QED) is 0.836. The number of anilines is 1. The van der Waals surface area contributed by atoms with Gasteiger partial charge in [-0.3, -0.25) is 9.59 Å². The zero-order valence-electron chi connectivity index (χ0n) is 14.4. The molecule has 26 heavy (non-hydrogen) atoms. The van der Waals surface area contributed by atoms with Crippen molar-refractivity contribution in [1.29, 1.82) is 0 Å². The van der Waals surface area contributed by atoms with Crippen LogP contribution in [-0.2, 0) is 11.2 Å². The van der Waals surface area contributed by atoms with Gasteiger partial charge in [0.05, 0.1) is 24.9 Å². The van der Waals surface area contributed by atoms with Crippen LogP contribution in [0.2, 0.25) is 5.02 Å². The van der Waals surface area contributed by atoms with Crippen LogP contribution in [0.1, 0.15) is 22.3 Å². The van der Waals surface area contributed by atoms with E-state index in [0.29, 0.717) is 46.4 Å². The molecule has 0 bridgehead atoms. The fourth-order valence-corrected chi connectivity index (χ4v) is 3.12. The molecule has 0 radical (unpaired) electrons. The minimum atomic E-state index is -0.369. The topological polar surface area (TPSA) is 73.9 Å². The van der Waals surface area contributed by atoms with Crippen molar-refractivity contribution in [2.75, 3.05) is 26.1 Å². The average Bonchev–Trinajstić information content (AvgIpc) is 3.02. The smallest absolute Gasteiger partial charge is 0.262 e. The van der Waals surface area contributed by atoms with Crippen LogP contribution < -0.4 is 19.5 Å². The molecule has 1 aliphatic rings. The van der Waals surface area contributed by atoms with Crippen molar-refractivity contribution < 1.29 is 23.8 Å². The molecule has 2 aromatic rings. The largest absolute Gasteiger partial charge is 0.495 e. The number of nitrogens with one attached hydrogen (secondary N) is 1. The van der Waals surface area contributed by atoms with Gasteiger partial charge in [0.15, 0.2) is 12.4 Å². The van der Waals surface area contributed by atoms with Crippen LogP contribution in [0.4, 0.5) is 5.69 Å². The number of methoxy groups -OCH3 is 2. The highest BCUT2D eigenvalue weighted by Gasteiger charge is 2.23. The molecular formula is C19H18ClNO5. The van der Waals surface area contributed by atoms with Crippen LogP contribution in [0.5, 0.6) is 17.2 Å². The lowest BCUT2D eigenvalue weighted by Crippen LogP contribution is -2.21. The third-order valence-electron chi connectivity index (χ3n) is 4.14. The van der Waals surface area contributed by atoms with Gasteiger partial charge in [-0.2, -0.15) is 0 Å². The summed E-state index contributed by atoms with van der Waals surface area (Å²) in [5.41, 5.74) is 1.95. The van der Waals surface area contributed by atoms with E-state index in [1.54, 1.807) is 30.3 Å². The van der Waals surface area contributed by atoms with Gasteiger partial charge in [-0.25, -0.2) is 0 Å². The molecular weight excluding hydrogens is 358 g/mol. The Balaban J connectivity index is 1.69. The Morgan fingerprint density at radius 3 is 2.62 bits per heavy atom. The van der Waals surface area contributed by atoms with Crippen LogP contribution in [0.25, 0.3) is 0 Å². The van der Waals surface area contributed by atoms with E-state index in [1.807, 2.05) is 0 Å². The molecule has 2 aromatic carbocycles. The summed E-state index contributed by atoms with van der Waals surface area (Å²) in [6.07, 6.45) is 1.11. The highest BCUT2D eigenvalue weighted by atomic mass is 35.5. The fourth-order valence-electron chi connectivity index (χ4n) is 2.88. The summed E-state index contributed by atoms with van der Waals surface area (Å²) in [4.78, 5) is 24.0. The molecule has 0 saturated heterocycles. The molecule has 0 atom stereocenters. The number of Topliss-reactive ketones (excluding diaryl/α,β-unsaturated/α-hetero) is 1. The summed E-state index contributed by atoms with van der Waals surface area (Å²) in [5.74, 6) is 1.16. The average molecular weight is 376 g/mol. The Morgan fingerprint density at radius 2 is 1.88 bits per heavy atom. The van der Waals surface area contributed by atoms with Crippen molar-refractivity contribution in [3.05, 3.63) is 46.5 Å². The minimum absolute atomic E-state index is 0.104. The van der Waals surface area contributed by atoms with E-state index < -0.39 is 0 Å². The van der Waals surface area contributed by atoms with Gasteiger partial charge >= 0.3 is 0 Å². The lowest BCUT2D eigenvalue weighted by atomic mass is 10.1. The van der Waals surface area contributed by atoms with Gasteiger partial charge in [0.1, 0.15) is 17.2 Å². The summed E-state index contributed by atoms with van der Waals surface area (Å²) in [7, 11) is 2.98. The molecule has 1 N–H and O–H groups in total. The first-order valence-corrected chi connectivity index (χ1v) is 8.40. The molecule has 136 valence electrons. The number of rotatable bonds is 6. The zero-order valence-corrected chi connectivity index (χ0v) is 15.2. The number of amides is 1. The van der Waals surface area contributed by atoms with E-state index in [9.17, 15) is 9.59 Å². The number of fused-ring (bicyclic) bond motifs is 1. The molecule has 0 aliphatic heterocycles. The number of benzene rings is 2. The first-order valence-electron chi connectivity index (χ1n) is 8.02. The highest BCUT2D eigenvalue weighted by Crippen LogP contribution is 2.36. The molecule has 0 aromatic heterocycles. The van der Waals surface area contributed by atoms with Crippen molar-refractivity contribution in [3.63, 3.8) is 0 Å². The number of ether oxygens (including phenoxy) is 3. The number of halogens is 1. The van der Waals surface area contributed by atoms with Crippen LogP contribution in [0.3, 0.4) is 0 Å². The molecule has 7 heteroatoms. The summed E-state index contributed by atoms with van der Waals surface area (Å²) >= 11 is 6.10. The number of carbonyl (C=O) groups is 2. The Bertz CT molecular complexity index is 865. The second-order valence-electron chi connectivity index (χ2n) is 5.73. The van der Waals surface area contributed by atoms with Crippen molar-refractivity contribution in [1.82, 2.24) is 0 Å². The molecule has 0 saturated carbocycles. The van der Waals surface area contributed by atoms with E-state index in [0.717, 1.165) is 5.56 Å². The fraction of sp³-hybridized carbons (Fsp3) is 0.263. The van der Waals surface area contributed by atoms with Crippen molar-refractivity contribution in [3.8, 4) is 17.2 Å². The van der Waals surface area contributed by atoms with Gasteiger partial charge < -0.3 is 19.5 Å². The van der Waals surface area contributed by atoms with Crippen LogP contribution in [0, 0.1) is 0 Å². The molecule has 6 nitrogen and oxygen atoms in total. The summed E-state index contributed by atoms with van der Waals surface area (Å²) in [5, 5.41) is 3.06. The predicted octanol–water partition coefficient (Wildman–Crippen LogP) is 3.50. The van der Waals surface area contributed by atoms with E-state index >= 15 is 0 Å². The monoisotopic (exact) mass is 375 g/mol. The normalized spacial score (nSPS) is 12.5. The van der Waals surface area contributed by atoms with Crippen LogP contribution in [-0.4, -0.2) is 32.5 Å². The molecule has 0 spiro atoms. The van der Waals surface area contributed by atoms with Gasteiger partial charge in [0.2, 0.25) is 0 Å². The van der Waals surface area contributed by atoms with Crippen LogP contribution in [0.15, 0.2) is 30.3 Å². The van der Waals surface area contributed by atoms with E-state index in [4.69, 9.17) is 25.8 Å². The molecule has 1 amide bonds. The third-order valence-corrected chi connectivity index (χ3v) is 4.44. The number of hydrogen-bond donors (Lipinski definition) is 1. The second-order valence-corrected chi connectivity index (χ2v) is 6.14. The Kier molecular flexibility index (Phi) is 5.32. The maximum atomic E-state index is 12.3. The van der Waals surface area contributed by atoms with Gasteiger partial charge in [-0.05, 0) is 18.6 Å². The number of hydrogen-bond acceptors (Lipinski definition) is 5. The van der Waals surface area contributed by atoms with Crippen molar-refractivity contribution in [2.24, 2.45) is 0 Å². The van der Waals surface area contributed by atoms with Crippen molar-refractivity contribution >= 4 is 29.0 Å². The standard InChI is InChI=1S/C19H18ClNO5/c1-24-17-9-18(25-2)14(8-13(17)20)21-19(23)10-26-16-5-3-4-11-12(16)6-7-15(11)22/h3-5,8-9H,6-7,10H2,1-2H3,(H,21,23). The lowest BCUT2D eigenvalue weighted by Gasteiger charge is -2.14. The number of carbonyl (C=O) groups excluding carboxylic acids is 2. The van der Waals surface area contributed by atoms with E-state index in [-0.39, 0.29) is 18.3 Å². The third kappa shape index (κ3) is 3.60.